The molecule has 1 aromatic rings. The van der Waals surface area contributed by atoms with E-state index in [0.717, 1.165) is 25.4 Å². The lowest BCUT2D eigenvalue weighted by Gasteiger charge is -2.48. The minimum Gasteiger partial charge on any atom is -0.493 e. The second-order valence-corrected chi connectivity index (χ2v) is 8.76. The molecule has 1 atom stereocenters. The lowest BCUT2D eigenvalue weighted by molar-refractivity contribution is 0.112. The zero-order chi connectivity index (χ0) is 18.1. The highest BCUT2D eigenvalue weighted by atomic mass is 16.5. The average Bonchev–Trinajstić information content (AvgIpc) is 2.88. The van der Waals surface area contributed by atoms with Crippen LogP contribution in [0.25, 0.3) is 0 Å². The fraction of sp³-hybridized carbons (Fsp3) is 0.727. The van der Waals surface area contributed by atoms with Gasteiger partial charge in [-0.05, 0) is 47.9 Å². The Balaban J connectivity index is 2.56. The van der Waals surface area contributed by atoms with E-state index in [-0.39, 0.29) is 10.8 Å². The van der Waals surface area contributed by atoms with Gasteiger partial charge in [0.15, 0.2) is 0 Å². The first-order chi connectivity index (χ1) is 11.2. The maximum absolute atomic E-state index is 6.06. The van der Waals surface area contributed by atoms with Gasteiger partial charge in [0.05, 0.1) is 6.61 Å². The Kier molecular flexibility index (Phi) is 5.57. The third-order valence-electron chi connectivity index (χ3n) is 6.27. The highest BCUT2D eigenvalue weighted by Gasteiger charge is 2.53. The maximum Gasteiger partial charge on any atom is 0.119 e. The molecule has 2 rings (SSSR count). The Morgan fingerprint density at radius 3 is 2.33 bits per heavy atom. The zero-order valence-corrected chi connectivity index (χ0v) is 17.1. The summed E-state index contributed by atoms with van der Waals surface area (Å²) in [7, 11) is 0. The van der Waals surface area contributed by atoms with Gasteiger partial charge in [0.2, 0.25) is 0 Å². The van der Waals surface area contributed by atoms with Crippen LogP contribution in [0.1, 0.15) is 67.4 Å². The molecule has 0 bridgehead atoms. The molecule has 0 amide bonds. The van der Waals surface area contributed by atoms with Crippen molar-refractivity contribution < 1.29 is 4.74 Å². The van der Waals surface area contributed by atoms with Crippen LogP contribution in [0.2, 0.25) is 0 Å². The van der Waals surface area contributed by atoms with Crippen LogP contribution in [0.4, 0.5) is 5.69 Å². The number of anilines is 1. The van der Waals surface area contributed by atoms with E-state index in [1.54, 1.807) is 0 Å². The summed E-state index contributed by atoms with van der Waals surface area (Å²) in [4.78, 5) is 2.55. The van der Waals surface area contributed by atoms with Crippen molar-refractivity contribution >= 4 is 5.69 Å². The molecule has 0 fully saturated rings. The first kappa shape index (κ1) is 19.1. The van der Waals surface area contributed by atoms with Gasteiger partial charge in [0.25, 0.3) is 0 Å². The number of likely N-dealkylation sites (N-methyl/N-ethyl adjacent to an activating group) is 1. The van der Waals surface area contributed by atoms with Crippen molar-refractivity contribution in [3.05, 3.63) is 23.8 Å². The number of ether oxygens (including phenoxy) is 1. The minimum atomic E-state index is 0.171. The molecule has 136 valence electrons. The van der Waals surface area contributed by atoms with Gasteiger partial charge in [-0.3, -0.25) is 0 Å². The molecule has 1 aliphatic rings. The van der Waals surface area contributed by atoms with Crippen LogP contribution >= 0.6 is 0 Å². The summed E-state index contributed by atoms with van der Waals surface area (Å²) in [5.41, 5.74) is 3.32. The van der Waals surface area contributed by atoms with E-state index in [1.807, 2.05) is 0 Å². The number of benzene rings is 1. The average molecular weight is 332 g/mol. The summed E-state index contributed by atoms with van der Waals surface area (Å²) in [5, 5.41) is 0. The lowest BCUT2D eigenvalue weighted by Crippen LogP contribution is -2.49. The largest absolute Gasteiger partial charge is 0.493 e. The fourth-order valence-corrected chi connectivity index (χ4v) is 4.42. The molecule has 2 nitrogen and oxygen atoms in total. The van der Waals surface area contributed by atoms with Crippen molar-refractivity contribution in [3.63, 3.8) is 0 Å². The van der Waals surface area contributed by atoms with E-state index in [2.05, 4.69) is 78.5 Å². The molecule has 0 saturated heterocycles. The first-order valence-corrected chi connectivity index (χ1v) is 9.71. The maximum atomic E-state index is 6.06. The van der Waals surface area contributed by atoms with Gasteiger partial charge in [0, 0.05) is 24.2 Å². The van der Waals surface area contributed by atoms with Crippen molar-refractivity contribution in [1.82, 2.24) is 0 Å². The molecule has 1 aromatic carbocycles. The molecule has 1 aliphatic heterocycles. The Morgan fingerprint density at radius 2 is 1.83 bits per heavy atom. The van der Waals surface area contributed by atoms with E-state index < -0.39 is 0 Å². The molecular weight excluding hydrogens is 294 g/mol. The van der Waals surface area contributed by atoms with Crippen molar-refractivity contribution in [2.75, 3.05) is 24.6 Å². The molecule has 0 N–H and O–H groups in total. The van der Waals surface area contributed by atoms with Crippen molar-refractivity contribution in [2.45, 2.75) is 67.2 Å². The summed E-state index contributed by atoms with van der Waals surface area (Å²) >= 11 is 0. The van der Waals surface area contributed by atoms with Gasteiger partial charge < -0.3 is 9.64 Å². The van der Waals surface area contributed by atoms with Gasteiger partial charge in [0.1, 0.15) is 5.75 Å². The van der Waals surface area contributed by atoms with Crippen molar-refractivity contribution in [2.24, 2.45) is 17.3 Å². The standard InChI is InChI=1S/C22H37NO/c1-9-21(7,8)22(17(5)6)15-23(10-2)20-12-11-18(13-19(20)22)24-14-16(3)4/h11-13,16-17H,9-10,14-15H2,1-8H3. The van der Waals surface area contributed by atoms with Crippen LogP contribution in [-0.2, 0) is 5.41 Å². The van der Waals surface area contributed by atoms with Gasteiger partial charge in [-0.15, -0.1) is 0 Å². The second kappa shape index (κ2) is 6.98. The molecule has 24 heavy (non-hydrogen) atoms. The van der Waals surface area contributed by atoms with Crippen LogP contribution in [0.5, 0.6) is 5.75 Å². The van der Waals surface area contributed by atoms with E-state index in [1.165, 1.54) is 17.7 Å². The molecule has 0 aromatic heterocycles. The molecule has 0 saturated carbocycles. The predicted molar refractivity (Wildman–Crippen MR) is 105 cm³/mol. The fourth-order valence-electron chi connectivity index (χ4n) is 4.42. The van der Waals surface area contributed by atoms with Crippen LogP contribution in [0.15, 0.2) is 18.2 Å². The van der Waals surface area contributed by atoms with Crippen molar-refractivity contribution in [3.8, 4) is 5.75 Å². The van der Waals surface area contributed by atoms with Gasteiger partial charge >= 0.3 is 0 Å². The van der Waals surface area contributed by atoms with Crippen LogP contribution < -0.4 is 9.64 Å². The Labute approximate surface area is 149 Å². The smallest absolute Gasteiger partial charge is 0.119 e. The predicted octanol–water partition coefficient (Wildman–Crippen LogP) is 5.89. The summed E-state index contributed by atoms with van der Waals surface area (Å²) < 4.78 is 6.06. The Morgan fingerprint density at radius 1 is 1.17 bits per heavy atom. The third-order valence-corrected chi connectivity index (χ3v) is 6.27. The highest BCUT2D eigenvalue weighted by Crippen LogP contribution is 2.56. The molecule has 0 radical (unpaired) electrons. The summed E-state index contributed by atoms with van der Waals surface area (Å²) in [6, 6.07) is 6.77. The number of hydrogen-bond acceptors (Lipinski definition) is 2. The number of rotatable bonds is 7. The van der Waals surface area contributed by atoms with E-state index in [9.17, 15) is 0 Å². The molecular formula is C22H37NO. The molecule has 0 aliphatic carbocycles. The normalized spacial score (nSPS) is 20.8. The van der Waals surface area contributed by atoms with E-state index in [4.69, 9.17) is 4.74 Å². The number of nitrogens with zero attached hydrogens (tertiary/aromatic N) is 1. The van der Waals surface area contributed by atoms with Gasteiger partial charge in [-0.1, -0.05) is 54.9 Å². The lowest BCUT2D eigenvalue weighted by atomic mass is 9.56. The van der Waals surface area contributed by atoms with Crippen LogP contribution in [0.3, 0.4) is 0 Å². The summed E-state index contributed by atoms with van der Waals surface area (Å²) in [6.45, 7) is 21.6. The first-order valence-electron chi connectivity index (χ1n) is 9.71. The van der Waals surface area contributed by atoms with E-state index >= 15 is 0 Å². The summed E-state index contributed by atoms with van der Waals surface area (Å²) in [6.07, 6.45) is 1.18. The van der Waals surface area contributed by atoms with Crippen LogP contribution in [0, 0.1) is 17.3 Å². The topological polar surface area (TPSA) is 12.5 Å². The SMILES string of the molecule is CCN1CC(C(C)C)(C(C)(C)CC)c2cc(OCC(C)C)ccc21. The van der Waals surface area contributed by atoms with Crippen LogP contribution in [-0.4, -0.2) is 19.7 Å². The molecule has 1 unspecified atom stereocenters. The molecule has 1 heterocycles. The highest BCUT2D eigenvalue weighted by molar-refractivity contribution is 5.65. The molecule has 0 spiro atoms. The quantitative estimate of drug-likeness (QED) is 0.617. The van der Waals surface area contributed by atoms with Gasteiger partial charge in [-0.2, -0.15) is 0 Å². The molecule has 2 heteroatoms. The summed E-state index contributed by atoms with van der Waals surface area (Å²) in [5.74, 6) is 2.16. The third kappa shape index (κ3) is 3.05. The second-order valence-electron chi connectivity index (χ2n) is 8.76. The van der Waals surface area contributed by atoms with Crippen molar-refractivity contribution in [1.29, 1.82) is 0 Å². The van der Waals surface area contributed by atoms with Gasteiger partial charge in [-0.25, -0.2) is 0 Å². The zero-order valence-electron chi connectivity index (χ0n) is 17.1. The minimum absolute atomic E-state index is 0.171. The number of fused-ring (bicyclic) bond motifs is 1. The monoisotopic (exact) mass is 331 g/mol. The van der Waals surface area contributed by atoms with E-state index in [0.29, 0.717) is 11.8 Å². The Bertz CT molecular complexity index is 561. The Hall–Kier alpha value is -1.18. The number of hydrogen-bond donors (Lipinski definition) is 0.